The highest BCUT2D eigenvalue weighted by molar-refractivity contribution is 5.86. The zero-order valence-electron chi connectivity index (χ0n) is 14.1. The SMILES string of the molecule is NC1(C(=O)N2CCCN(CC3CCCCC3)CC2)CCCC1. The fourth-order valence-corrected chi connectivity index (χ4v) is 4.63. The molecule has 1 heterocycles. The maximum Gasteiger partial charge on any atom is 0.242 e. The van der Waals surface area contributed by atoms with Gasteiger partial charge in [0.2, 0.25) is 5.91 Å². The van der Waals surface area contributed by atoms with Crippen molar-refractivity contribution in [1.82, 2.24) is 9.80 Å². The van der Waals surface area contributed by atoms with Crippen LogP contribution >= 0.6 is 0 Å². The molecule has 1 aliphatic heterocycles. The van der Waals surface area contributed by atoms with E-state index in [1.165, 1.54) is 38.6 Å². The van der Waals surface area contributed by atoms with Gasteiger partial charge in [0, 0.05) is 26.2 Å². The van der Waals surface area contributed by atoms with Crippen molar-refractivity contribution in [1.29, 1.82) is 0 Å². The van der Waals surface area contributed by atoms with Gasteiger partial charge in [0.25, 0.3) is 0 Å². The Morgan fingerprint density at radius 1 is 0.909 bits per heavy atom. The minimum absolute atomic E-state index is 0.226. The maximum atomic E-state index is 12.8. The molecule has 22 heavy (non-hydrogen) atoms. The Labute approximate surface area is 135 Å². The third-order valence-electron chi connectivity index (χ3n) is 6.04. The number of hydrogen-bond acceptors (Lipinski definition) is 3. The number of rotatable bonds is 3. The van der Waals surface area contributed by atoms with Crippen LogP contribution in [0.5, 0.6) is 0 Å². The van der Waals surface area contributed by atoms with E-state index in [0.717, 1.165) is 64.2 Å². The first kappa shape index (κ1) is 16.3. The minimum Gasteiger partial charge on any atom is -0.340 e. The van der Waals surface area contributed by atoms with E-state index in [1.54, 1.807) is 0 Å². The highest BCUT2D eigenvalue weighted by atomic mass is 16.2. The normalized spacial score (nSPS) is 27.8. The second kappa shape index (κ2) is 7.31. The van der Waals surface area contributed by atoms with Crippen molar-refractivity contribution in [2.45, 2.75) is 69.7 Å². The second-order valence-electron chi connectivity index (χ2n) is 7.81. The lowest BCUT2D eigenvalue weighted by molar-refractivity contribution is -0.136. The van der Waals surface area contributed by atoms with Gasteiger partial charge >= 0.3 is 0 Å². The molecule has 0 aromatic rings. The summed E-state index contributed by atoms with van der Waals surface area (Å²) in [5, 5.41) is 0. The van der Waals surface area contributed by atoms with E-state index in [-0.39, 0.29) is 5.91 Å². The molecule has 126 valence electrons. The average molecular weight is 307 g/mol. The lowest BCUT2D eigenvalue weighted by Gasteiger charge is -2.31. The van der Waals surface area contributed by atoms with Crippen LogP contribution in [0.1, 0.15) is 64.2 Å². The standard InChI is InChI=1S/C18H33N3O/c19-18(9-4-5-10-18)17(22)21-12-6-11-20(13-14-21)15-16-7-2-1-3-8-16/h16H,1-15,19H2. The van der Waals surface area contributed by atoms with Crippen molar-refractivity contribution in [3.8, 4) is 0 Å². The Balaban J connectivity index is 1.50. The Morgan fingerprint density at radius 3 is 2.36 bits per heavy atom. The molecule has 0 bridgehead atoms. The van der Waals surface area contributed by atoms with Gasteiger partial charge in [0.1, 0.15) is 0 Å². The summed E-state index contributed by atoms with van der Waals surface area (Å²) < 4.78 is 0. The molecule has 1 amide bonds. The van der Waals surface area contributed by atoms with Gasteiger partial charge in [-0.1, -0.05) is 32.1 Å². The Kier molecular flexibility index (Phi) is 5.40. The van der Waals surface area contributed by atoms with E-state index >= 15 is 0 Å². The fourth-order valence-electron chi connectivity index (χ4n) is 4.63. The van der Waals surface area contributed by atoms with E-state index in [0.29, 0.717) is 0 Å². The summed E-state index contributed by atoms with van der Waals surface area (Å²) in [7, 11) is 0. The lowest BCUT2D eigenvalue weighted by atomic mass is 9.89. The van der Waals surface area contributed by atoms with E-state index in [2.05, 4.69) is 9.80 Å². The molecule has 1 saturated heterocycles. The van der Waals surface area contributed by atoms with Crippen LogP contribution in [0.15, 0.2) is 0 Å². The molecule has 0 spiro atoms. The molecule has 4 heteroatoms. The van der Waals surface area contributed by atoms with E-state index in [9.17, 15) is 4.79 Å². The van der Waals surface area contributed by atoms with Crippen LogP contribution in [0.3, 0.4) is 0 Å². The molecular formula is C18H33N3O. The molecule has 0 unspecified atom stereocenters. The second-order valence-corrected chi connectivity index (χ2v) is 7.81. The number of hydrogen-bond donors (Lipinski definition) is 1. The summed E-state index contributed by atoms with van der Waals surface area (Å²) >= 11 is 0. The first-order valence-electron chi connectivity index (χ1n) is 9.48. The summed E-state index contributed by atoms with van der Waals surface area (Å²) in [5.41, 5.74) is 5.82. The molecule has 0 atom stereocenters. The van der Waals surface area contributed by atoms with Crippen molar-refractivity contribution in [2.75, 3.05) is 32.7 Å². The molecule has 3 aliphatic rings. The molecule has 2 N–H and O–H groups in total. The lowest BCUT2D eigenvalue weighted by Crippen LogP contribution is -2.54. The van der Waals surface area contributed by atoms with Crippen LogP contribution in [-0.4, -0.2) is 54.0 Å². The van der Waals surface area contributed by atoms with Crippen LogP contribution in [0, 0.1) is 5.92 Å². The fraction of sp³-hybridized carbons (Fsp3) is 0.944. The largest absolute Gasteiger partial charge is 0.340 e. The molecule has 0 aromatic heterocycles. The topological polar surface area (TPSA) is 49.6 Å². The minimum atomic E-state index is -0.543. The zero-order valence-corrected chi connectivity index (χ0v) is 14.1. The van der Waals surface area contributed by atoms with Crippen LogP contribution in [0.4, 0.5) is 0 Å². The van der Waals surface area contributed by atoms with Crippen molar-refractivity contribution in [3.63, 3.8) is 0 Å². The van der Waals surface area contributed by atoms with E-state index in [4.69, 9.17) is 5.73 Å². The van der Waals surface area contributed by atoms with Crippen molar-refractivity contribution >= 4 is 5.91 Å². The number of nitrogens with zero attached hydrogens (tertiary/aromatic N) is 2. The third-order valence-corrected chi connectivity index (χ3v) is 6.04. The highest BCUT2D eigenvalue weighted by Gasteiger charge is 2.40. The molecule has 0 radical (unpaired) electrons. The van der Waals surface area contributed by atoms with Gasteiger partial charge in [-0.15, -0.1) is 0 Å². The Morgan fingerprint density at radius 2 is 1.64 bits per heavy atom. The van der Waals surface area contributed by atoms with E-state index in [1.807, 2.05) is 0 Å². The predicted octanol–water partition coefficient (Wildman–Crippen LogP) is 2.37. The number of amides is 1. The molecule has 2 aliphatic carbocycles. The van der Waals surface area contributed by atoms with Gasteiger partial charge in [-0.05, 0) is 44.6 Å². The number of carbonyl (C=O) groups excluding carboxylic acids is 1. The van der Waals surface area contributed by atoms with Crippen LogP contribution in [-0.2, 0) is 4.79 Å². The first-order valence-corrected chi connectivity index (χ1v) is 9.48. The van der Waals surface area contributed by atoms with Crippen LogP contribution < -0.4 is 5.73 Å². The van der Waals surface area contributed by atoms with Gasteiger partial charge in [0.05, 0.1) is 5.54 Å². The predicted molar refractivity (Wildman–Crippen MR) is 89.6 cm³/mol. The molecular weight excluding hydrogens is 274 g/mol. The Bertz CT molecular complexity index is 373. The summed E-state index contributed by atoms with van der Waals surface area (Å²) in [5.74, 6) is 1.12. The van der Waals surface area contributed by atoms with Gasteiger partial charge in [-0.2, -0.15) is 0 Å². The monoisotopic (exact) mass is 307 g/mol. The van der Waals surface area contributed by atoms with Crippen molar-refractivity contribution < 1.29 is 4.79 Å². The molecule has 3 fully saturated rings. The molecule has 4 nitrogen and oxygen atoms in total. The first-order chi connectivity index (χ1) is 10.7. The van der Waals surface area contributed by atoms with Crippen LogP contribution in [0.25, 0.3) is 0 Å². The van der Waals surface area contributed by atoms with Crippen molar-refractivity contribution in [2.24, 2.45) is 11.7 Å². The van der Waals surface area contributed by atoms with Gasteiger partial charge < -0.3 is 15.5 Å². The van der Waals surface area contributed by atoms with Gasteiger partial charge in [0.15, 0.2) is 0 Å². The summed E-state index contributed by atoms with van der Waals surface area (Å²) in [6, 6.07) is 0. The average Bonchev–Trinajstić information content (AvgIpc) is 2.86. The summed E-state index contributed by atoms with van der Waals surface area (Å²) in [4.78, 5) is 17.4. The summed E-state index contributed by atoms with van der Waals surface area (Å²) in [6.07, 6.45) is 12.2. The van der Waals surface area contributed by atoms with Gasteiger partial charge in [-0.25, -0.2) is 0 Å². The van der Waals surface area contributed by atoms with Crippen molar-refractivity contribution in [3.05, 3.63) is 0 Å². The molecule has 0 aromatic carbocycles. The molecule has 2 saturated carbocycles. The smallest absolute Gasteiger partial charge is 0.242 e. The number of nitrogens with two attached hydrogens (primary N) is 1. The quantitative estimate of drug-likeness (QED) is 0.871. The number of carbonyl (C=O) groups is 1. The Hall–Kier alpha value is -0.610. The zero-order chi connectivity index (χ0) is 15.4. The third kappa shape index (κ3) is 3.83. The highest BCUT2D eigenvalue weighted by Crippen LogP contribution is 2.29. The van der Waals surface area contributed by atoms with Crippen LogP contribution in [0.2, 0.25) is 0 Å². The van der Waals surface area contributed by atoms with Gasteiger partial charge in [-0.3, -0.25) is 4.79 Å². The summed E-state index contributed by atoms with van der Waals surface area (Å²) in [6.45, 7) is 5.22. The van der Waals surface area contributed by atoms with E-state index < -0.39 is 5.54 Å². The molecule has 3 rings (SSSR count). The maximum absolute atomic E-state index is 12.8.